The molecule has 0 unspecified atom stereocenters. The van der Waals surface area contributed by atoms with E-state index < -0.39 is 4.92 Å². The lowest BCUT2D eigenvalue weighted by molar-refractivity contribution is -0.384. The van der Waals surface area contributed by atoms with Crippen molar-refractivity contribution >= 4 is 17.3 Å². The molecule has 7 heteroatoms. The predicted octanol–water partition coefficient (Wildman–Crippen LogP) is 2.94. The maximum Gasteiger partial charge on any atom is 0.269 e. The molecular weight excluding hydrogens is 346 g/mol. The van der Waals surface area contributed by atoms with E-state index >= 15 is 0 Å². The predicted molar refractivity (Wildman–Crippen MR) is 103 cm³/mol. The van der Waals surface area contributed by atoms with E-state index in [0.717, 1.165) is 22.6 Å². The molecule has 0 bridgehead atoms. The van der Waals surface area contributed by atoms with Gasteiger partial charge in [0.2, 0.25) is 0 Å². The first kappa shape index (κ1) is 18.7. The molecule has 0 atom stereocenters. The second kappa shape index (κ2) is 8.07. The molecule has 3 rings (SSSR count). The van der Waals surface area contributed by atoms with Crippen LogP contribution in [0.1, 0.15) is 11.1 Å². The summed E-state index contributed by atoms with van der Waals surface area (Å²) in [6.07, 6.45) is 0. The molecule has 0 saturated carbocycles. The van der Waals surface area contributed by atoms with Crippen LogP contribution in [-0.2, 0) is 4.79 Å². The average Bonchev–Trinajstić information content (AvgIpc) is 2.67. The van der Waals surface area contributed by atoms with Crippen molar-refractivity contribution in [3.05, 3.63) is 63.7 Å². The minimum absolute atomic E-state index is 0.0292. The summed E-state index contributed by atoms with van der Waals surface area (Å²) in [5.41, 5.74) is 3.19. The van der Waals surface area contributed by atoms with Gasteiger partial charge in [-0.3, -0.25) is 14.9 Å². The zero-order chi connectivity index (χ0) is 19.4. The van der Waals surface area contributed by atoms with Gasteiger partial charge in [-0.05, 0) is 37.6 Å². The van der Waals surface area contributed by atoms with Gasteiger partial charge < -0.3 is 14.5 Å². The molecule has 1 aliphatic rings. The van der Waals surface area contributed by atoms with E-state index in [1.165, 1.54) is 12.1 Å². The second-order valence-electron chi connectivity index (χ2n) is 6.70. The number of piperazine rings is 1. The van der Waals surface area contributed by atoms with Crippen molar-refractivity contribution in [1.29, 1.82) is 0 Å². The van der Waals surface area contributed by atoms with Gasteiger partial charge in [0.1, 0.15) is 5.75 Å². The van der Waals surface area contributed by atoms with Crippen LogP contribution in [0.5, 0.6) is 5.75 Å². The third kappa shape index (κ3) is 4.55. The van der Waals surface area contributed by atoms with Gasteiger partial charge in [0, 0.05) is 44.0 Å². The van der Waals surface area contributed by atoms with Crippen LogP contribution in [0.3, 0.4) is 0 Å². The normalized spacial score (nSPS) is 14.1. The van der Waals surface area contributed by atoms with Gasteiger partial charge in [0.25, 0.3) is 11.6 Å². The van der Waals surface area contributed by atoms with E-state index in [4.69, 9.17) is 4.74 Å². The number of rotatable bonds is 5. The molecule has 142 valence electrons. The third-order valence-electron chi connectivity index (χ3n) is 4.74. The van der Waals surface area contributed by atoms with Crippen LogP contribution in [0.2, 0.25) is 0 Å². The molecule has 2 aromatic rings. The van der Waals surface area contributed by atoms with Gasteiger partial charge in [-0.1, -0.05) is 17.7 Å². The molecule has 1 heterocycles. The highest BCUT2D eigenvalue weighted by Crippen LogP contribution is 2.21. The smallest absolute Gasteiger partial charge is 0.269 e. The number of carbonyl (C=O) groups is 1. The Hall–Kier alpha value is -3.09. The van der Waals surface area contributed by atoms with Gasteiger partial charge in [-0.15, -0.1) is 0 Å². The molecule has 7 nitrogen and oxygen atoms in total. The van der Waals surface area contributed by atoms with Crippen LogP contribution in [0.15, 0.2) is 42.5 Å². The van der Waals surface area contributed by atoms with Crippen molar-refractivity contribution in [1.82, 2.24) is 4.90 Å². The number of aryl methyl sites for hydroxylation is 2. The first-order chi connectivity index (χ1) is 12.9. The quantitative estimate of drug-likeness (QED) is 0.598. The number of ether oxygens (including phenoxy) is 1. The van der Waals surface area contributed by atoms with Crippen molar-refractivity contribution in [2.45, 2.75) is 13.8 Å². The highest BCUT2D eigenvalue weighted by Gasteiger charge is 2.22. The van der Waals surface area contributed by atoms with Gasteiger partial charge in [0.05, 0.1) is 4.92 Å². The number of nitrogens with zero attached hydrogens (tertiary/aromatic N) is 3. The van der Waals surface area contributed by atoms with E-state index in [2.05, 4.69) is 4.90 Å². The maximum atomic E-state index is 12.4. The Morgan fingerprint density at radius 2 is 1.74 bits per heavy atom. The Kier molecular flexibility index (Phi) is 5.59. The number of carbonyl (C=O) groups excluding carboxylic acids is 1. The molecule has 1 amide bonds. The second-order valence-corrected chi connectivity index (χ2v) is 6.70. The van der Waals surface area contributed by atoms with E-state index in [1.807, 2.05) is 32.0 Å². The largest absolute Gasteiger partial charge is 0.484 e. The molecule has 0 radical (unpaired) electrons. The third-order valence-corrected chi connectivity index (χ3v) is 4.74. The van der Waals surface area contributed by atoms with Crippen molar-refractivity contribution < 1.29 is 14.5 Å². The first-order valence-electron chi connectivity index (χ1n) is 8.91. The summed E-state index contributed by atoms with van der Waals surface area (Å²) in [7, 11) is 0. The molecule has 1 fully saturated rings. The summed E-state index contributed by atoms with van der Waals surface area (Å²) in [4.78, 5) is 26.7. The van der Waals surface area contributed by atoms with Crippen LogP contribution < -0.4 is 9.64 Å². The summed E-state index contributed by atoms with van der Waals surface area (Å²) in [5, 5.41) is 10.7. The van der Waals surface area contributed by atoms with E-state index in [9.17, 15) is 14.9 Å². The van der Waals surface area contributed by atoms with Gasteiger partial charge in [0.15, 0.2) is 6.61 Å². The summed E-state index contributed by atoms with van der Waals surface area (Å²) in [6.45, 7) is 6.60. The van der Waals surface area contributed by atoms with E-state index in [-0.39, 0.29) is 18.2 Å². The zero-order valence-electron chi connectivity index (χ0n) is 15.6. The van der Waals surface area contributed by atoms with Crippen LogP contribution in [0, 0.1) is 24.0 Å². The number of non-ortho nitro benzene ring substituents is 1. The summed E-state index contributed by atoms with van der Waals surface area (Å²) >= 11 is 0. The number of anilines is 1. The van der Waals surface area contributed by atoms with Crippen LogP contribution in [0.4, 0.5) is 11.4 Å². The fourth-order valence-corrected chi connectivity index (χ4v) is 3.19. The van der Waals surface area contributed by atoms with Crippen molar-refractivity contribution in [3.63, 3.8) is 0 Å². The number of hydrogen-bond acceptors (Lipinski definition) is 5. The molecule has 0 aromatic heterocycles. The van der Waals surface area contributed by atoms with Crippen LogP contribution in [-0.4, -0.2) is 48.5 Å². The van der Waals surface area contributed by atoms with Crippen molar-refractivity contribution in [2.24, 2.45) is 0 Å². The number of nitro groups is 1. The van der Waals surface area contributed by atoms with Crippen molar-refractivity contribution in [2.75, 3.05) is 37.7 Å². The van der Waals surface area contributed by atoms with Crippen molar-refractivity contribution in [3.8, 4) is 5.75 Å². The maximum absolute atomic E-state index is 12.4. The standard InChI is InChI=1S/C20H23N3O4/c1-15-3-8-19(16(2)13-15)27-14-20(24)22-11-9-21(10-12-22)17-4-6-18(7-5-17)23(25)26/h3-8,13H,9-12,14H2,1-2H3. The van der Waals surface area contributed by atoms with Crippen LogP contribution >= 0.6 is 0 Å². The fraction of sp³-hybridized carbons (Fsp3) is 0.350. The molecule has 0 N–H and O–H groups in total. The average molecular weight is 369 g/mol. The lowest BCUT2D eigenvalue weighted by Crippen LogP contribution is -2.50. The molecule has 27 heavy (non-hydrogen) atoms. The van der Waals surface area contributed by atoms with E-state index in [0.29, 0.717) is 26.2 Å². The SMILES string of the molecule is Cc1ccc(OCC(=O)N2CCN(c3ccc([N+](=O)[O-])cc3)CC2)c(C)c1. The highest BCUT2D eigenvalue weighted by molar-refractivity contribution is 5.78. The van der Waals surface area contributed by atoms with Gasteiger partial charge >= 0.3 is 0 Å². The van der Waals surface area contributed by atoms with Gasteiger partial charge in [-0.25, -0.2) is 0 Å². The zero-order valence-corrected chi connectivity index (χ0v) is 15.6. The number of amides is 1. The minimum Gasteiger partial charge on any atom is -0.484 e. The Labute approximate surface area is 158 Å². The Morgan fingerprint density at radius 1 is 1.07 bits per heavy atom. The Bertz CT molecular complexity index is 828. The molecule has 0 spiro atoms. The number of hydrogen-bond donors (Lipinski definition) is 0. The monoisotopic (exact) mass is 369 g/mol. The Morgan fingerprint density at radius 3 is 2.33 bits per heavy atom. The topological polar surface area (TPSA) is 75.9 Å². The Balaban J connectivity index is 1.51. The summed E-state index contributed by atoms with van der Waals surface area (Å²) in [6, 6.07) is 12.4. The molecule has 2 aromatic carbocycles. The highest BCUT2D eigenvalue weighted by atomic mass is 16.6. The molecule has 1 saturated heterocycles. The molecule has 1 aliphatic heterocycles. The van der Waals surface area contributed by atoms with Gasteiger partial charge in [-0.2, -0.15) is 0 Å². The molecule has 0 aliphatic carbocycles. The molecular formula is C20H23N3O4. The lowest BCUT2D eigenvalue weighted by Gasteiger charge is -2.36. The number of nitro benzene ring substituents is 1. The number of benzene rings is 2. The minimum atomic E-state index is -0.407. The van der Waals surface area contributed by atoms with E-state index in [1.54, 1.807) is 17.0 Å². The van der Waals surface area contributed by atoms with Crippen LogP contribution in [0.25, 0.3) is 0 Å². The first-order valence-corrected chi connectivity index (χ1v) is 8.91. The lowest BCUT2D eigenvalue weighted by atomic mass is 10.1. The fourth-order valence-electron chi connectivity index (χ4n) is 3.19. The summed E-state index contributed by atoms with van der Waals surface area (Å²) < 4.78 is 5.69. The summed E-state index contributed by atoms with van der Waals surface area (Å²) in [5.74, 6) is 0.705.